The van der Waals surface area contributed by atoms with Gasteiger partial charge in [0.1, 0.15) is 5.69 Å². The fraction of sp³-hybridized carbons (Fsp3) is 0.389. The SMILES string of the molecule is Cn1nccc1C(=O)NCCC(=O)N[C@H]1CCCc2ccccc21. The highest BCUT2D eigenvalue weighted by Crippen LogP contribution is 2.29. The highest BCUT2D eigenvalue weighted by Gasteiger charge is 2.21. The van der Waals surface area contributed by atoms with Crippen molar-refractivity contribution < 1.29 is 9.59 Å². The van der Waals surface area contributed by atoms with Crippen LogP contribution >= 0.6 is 0 Å². The second kappa shape index (κ2) is 7.29. The highest BCUT2D eigenvalue weighted by atomic mass is 16.2. The molecule has 6 nitrogen and oxygen atoms in total. The van der Waals surface area contributed by atoms with E-state index in [1.807, 2.05) is 12.1 Å². The molecule has 0 fully saturated rings. The molecule has 1 heterocycles. The second-order valence-corrected chi connectivity index (χ2v) is 6.06. The fourth-order valence-corrected chi connectivity index (χ4v) is 3.15. The van der Waals surface area contributed by atoms with Gasteiger partial charge in [-0.05, 0) is 36.5 Å². The zero-order valence-electron chi connectivity index (χ0n) is 13.8. The second-order valence-electron chi connectivity index (χ2n) is 6.06. The van der Waals surface area contributed by atoms with Crippen molar-refractivity contribution in [1.29, 1.82) is 0 Å². The summed E-state index contributed by atoms with van der Waals surface area (Å²) < 4.78 is 1.51. The molecule has 126 valence electrons. The van der Waals surface area contributed by atoms with E-state index >= 15 is 0 Å². The van der Waals surface area contributed by atoms with Crippen LogP contribution < -0.4 is 10.6 Å². The van der Waals surface area contributed by atoms with Crippen molar-refractivity contribution in [3.05, 3.63) is 53.3 Å². The zero-order valence-corrected chi connectivity index (χ0v) is 13.8. The minimum atomic E-state index is -0.217. The van der Waals surface area contributed by atoms with Crippen LogP contribution in [0.4, 0.5) is 0 Å². The van der Waals surface area contributed by atoms with Gasteiger partial charge in [0, 0.05) is 26.2 Å². The topological polar surface area (TPSA) is 76.0 Å². The van der Waals surface area contributed by atoms with Gasteiger partial charge in [-0.3, -0.25) is 14.3 Å². The van der Waals surface area contributed by atoms with Gasteiger partial charge in [0.15, 0.2) is 0 Å². The standard InChI is InChI=1S/C18H22N4O2/c1-22-16(9-12-20-22)18(24)19-11-10-17(23)21-15-8-4-6-13-5-2-3-7-14(13)15/h2-3,5,7,9,12,15H,4,6,8,10-11H2,1H3,(H,19,24)(H,21,23)/t15-/m0/s1. The van der Waals surface area contributed by atoms with Gasteiger partial charge in [-0.1, -0.05) is 24.3 Å². The molecule has 1 aliphatic carbocycles. The molecule has 6 heteroatoms. The Morgan fingerprint density at radius 2 is 2.12 bits per heavy atom. The van der Waals surface area contributed by atoms with Crippen molar-refractivity contribution in [2.75, 3.05) is 6.54 Å². The summed E-state index contributed by atoms with van der Waals surface area (Å²) in [5, 5.41) is 9.80. The lowest BCUT2D eigenvalue weighted by molar-refractivity contribution is -0.121. The summed E-state index contributed by atoms with van der Waals surface area (Å²) in [6, 6.07) is 9.99. The first kappa shape index (κ1) is 16.2. The molecule has 0 saturated heterocycles. The number of carbonyl (C=O) groups excluding carboxylic acids is 2. The maximum absolute atomic E-state index is 12.2. The molecule has 1 aliphatic rings. The fourth-order valence-electron chi connectivity index (χ4n) is 3.15. The molecule has 0 saturated carbocycles. The van der Waals surface area contributed by atoms with Gasteiger partial charge in [-0.25, -0.2) is 0 Å². The summed E-state index contributed by atoms with van der Waals surface area (Å²) in [5.41, 5.74) is 3.02. The Bertz CT molecular complexity index is 738. The van der Waals surface area contributed by atoms with Crippen molar-refractivity contribution in [2.24, 2.45) is 7.05 Å². The molecule has 2 N–H and O–H groups in total. The molecule has 0 bridgehead atoms. The van der Waals surface area contributed by atoms with E-state index in [4.69, 9.17) is 0 Å². The third-order valence-corrected chi connectivity index (χ3v) is 4.40. The minimum Gasteiger partial charge on any atom is -0.350 e. The van der Waals surface area contributed by atoms with Crippen LogP contribution in [0.5, 0.6) is 0 Å². The summed E-state index contributed by atoms with van der Waals surface area (Å²) in [6.07, 6.45) is 4.96. The number of aromatic nitrogens is 2. The number of hydrogen-bond donors (Lipinski definition) is 2. The molecule has 3 rings (SSSR count). The Morgan fingerprint density at radius 1 is 1.29 bits per heavy atom. The molecule has 24 heavy (non-hydrogen) atoms. The van der Waals surface area contributed by atoms with Crippen LogP contribution in [0.15, 0.2) is 36.5 Å². The number of aryl methyl sites for hydroxylation is 2. The minimum absolute atomic E-state index is 0.0398. The Hall–Kier alpha value is -2.63. The van der Waals surface area contributed by atoms with Crippen LogP contribution in [0.1, 0.15) is 46.9 Å². The zero-order chi connectivity index (χ0) is 16.9. The number of nitrogens with one attached hydrogen (secondary N) is 2. The monoisotopic (exact) mass is 326 g/mol. The predicted molar refractivity (Wildman–Crippen MR) is 90.4 cm³/mol. The van der Waals surface area contributed by atoms with Gasteiger partial charge in [-0.15, -0.1) is 0 Å². The van der Waals surface area contributed by atoms with Crippen molar-refractivity contribution in [2.45, 2.75) is 31.7 Å². The summed E-state index contributed by atoms with van der Waals surface area (Å²) in [6.45, 7) is 0.310. The summed E-state index contributed by atoms with van der Waals surface area (Å²) in [4.78, 5) is 24.1. The number of fused-ring (bicyclic) bond motifs is 1. The Morgan fingerprint density at radius 3 is 2.92 bits per heavy atom. The summed E-state index contributed by atoms with van der Waals surface area (Å²) >= 11 is 0. The van der Waals surface area contributed by atoms with Crippen LogP contribution in [-0.4, -0.2) is 28.1 Å². The normalized spacial score (nSPS) is 16.3. The lowest BCUT2D eigenvalue weighted by Gasteiger charge is -2.26. The van der Waals surface area contributed by atoms with Gasteiger partial charge in [-0.2, -0.15) is 5.10 Å². The molecule has 2 amide bonds. The van der Waals surface area contributed by atoms with E-state index in [1.54, 1.807) is 19.3 Å². The van der Waals surface area contributed by atoms with E-state index in [0.29, 0.717) is 12.2 Å². The molecule has 1 aromatic heterocycles. The van der Waals surface area contributed by atoms with E-state index in [0.717, 1.165) is 19.3 Å². The molecule has 1 atom stereocenters. The van der Waals surface area contributed by atoms with Crippen molar-refractivity contribution in [3.8, 4) is 0 Å². The third-order valence-electron chi connectivity index (χ3n) is 4.40. The molecule has 0 aliphatic heterocycles. The number of rotatable bonds is 5. The van der Waals surface area contributed by atoms with Crippen molar-refractivity contribution in [3.63, 3.8) is 0 Å². The first-order valence-corrected chi connectivity index (χ1v) is 8.28. The first-order valence-electron chi connectivity index (χ1n) is 8.28. The average Bonchev–Trinajstić information content (AvgIpc) is 3.01. The van der Waals surface area contributed by atoms with Crippen LogP contribution in [0.3, 0.4) is 0 Å². The number of carbonyl (C=O) groups is 2. The molecule has 1 aromatic carbocycles. The van der Waals surface area contributed by atoms with Crippen LogP contribution in [0, 0.1) is 0 Å². The van der Waals surface area contributed by atoms with E-state index < -0.39 is 0 Å². The molecule has 0 spiro atoms. The van der Waals surface area contributed by atoms with E-state index in [9.17, 15) is 9.59 Å². The molecular weight excluding hydrogens is 304 g/mol. The van der Waals surface area contributed by atoms with Crippen LogP contribution in [0.2, 0.25) is 0 Å². The van der Waals surface area contributed by atoms with Crippen LogP contribution in [0.25, 0.3) is 0 Å². The summed E-state index contributed by atoms with van der Waals surface area (Å²) in [7, 11) is 1.71. The lowest BCUT2D eigenvalue weighted by Crippen LogP contribution is -2.34. The van der Waals surface area contributed by atoms with Gasteiger partial charge in [0.25, 0.3) is 5.91 Å². The van der Waals surface area contributed by atoms with Gasteiger partial charge < -0.3 is 10.6 Å². The number of hydrogen-bond acceptors (Lipinski definition) is 3. The third kappa shape index (κ3) is 3.64. The molecular formula is C18H22N4O2. The number of nitrogens with zero attached hydrogens (tertiary/aromatic N) is 2. The van der Waals surface area contributed by atoms with Crippen molar-refractivity contribution >= 4 is 11.8 Å². The van der Waals surface area contributed by atoms with Crippen LogP contribution in [-0.2, 0) is 18.3 Å². The smallest absolute Gasteiger partial charge is 0.269 e. The largest absolute Gasteiger partial charge is 0.350 e. The van der Waals surface area contributed by atoms with E-state index in [2.05, 4.69) is 27.9 Å². The predicted octanol–water partition coefficient (Wildman–Crippen LogP) is 1.73. The van der Waals surface area contributed by atoms with Gasteiger partial charge >= 0.3 is 0 Å². The Balaban J connectivity index is 1.49. The number of amides is 2. The first-order chi connectivity index (χ1) is 11.6. The maximum atomic E-state index is 12.2. The number of benzene rings is 1. The maximum Gasteiger partial charge on any atom is 0.269 e. The Labute approximate surface area is 141 Å². The molecule has 0 radical (unpaired) electrons. The lowest BCUT2D eigenvalue weighted by atomic mass is 9.88. The quantitative estimate of drug-likeness (QED) is 0.878. The summed E-state index contributed by atoms with van der Waals surface area (Å²) in [5.74, 6) is -0.257. The Kier molecular flexibility index (Phi) is 4.93. The molecule has 0 unspecified atom stereocenters. The van der Waals surface area contributed by atoms with E-state index in [-0.39, 0.29) is 24.3 Å². The van der Waals surface area contributed by atoms with Crippen molar-refractivity contribution in [1.82, 2.24) is 20.4 Å². The van der Waals surface area contributed by atoms with Gasteiger partial charge in [0.05, 0.1) is 6.04 Å². The molecule has 2 aromatic rings. The highest BCUT2D eigenvalue weighted by molar-refractivity contribution is 5.92. The van der Waals surface area contributed by atoms with Gasteiger partial charge in [0.2, 0.25) is 5.91 Å². The average molecular weight is 326 g/mol. The van der Waals surface area contributed by atoms with E-state index in [1.165, 1.54) is 15.8 Å².